The second-order valence-corrected chi connectivity index (χ2v) is 12.9. The maximum Gasteiger partial charge on any atom is 0.335 e. The molecule has 0 aromatic heterocycles. The zero-order valence-corrected chi connectivity index (χ0v) is 24.7. The Morgan fingerprint density at radius 1 is 1.02 bits per heavy atom. The lowest BCUT2D eigenvalue weighted by Gasteiger charge is -2.34. The lowest BCUT2D eigenvalue weighted by atomic mass is 9.77. The van der Waals surface area contributed by atoms with Gasteiger partial charge in [0.25, 0.3) is 0 Å². The molecule has 0 radical (unpaired) electrons. The summed E-state index contributed by atoms with van der Waals surface area (Å²) in [7, 11) is 0. The van der Waals surface area contributed by atoms with E-state index in [4.69, 9.17) is 32.0 Å². The first-order valence-electron chi connectivity index (χ1n) is 13.7. The molecule has 6 N–H and O–H groups in total. The summed E-state index contributed by atoms with van der Waals surface area (Å²) >= 11 is 8.70. The highest BCUT2D eigenvalue weighted by Gasteiger charge is 2.29. The van der Waals surface area contributed by atoms with Crippen molar-refractivity contribution in [2.75, 3.05) is 18.4 Å². The van der Waals surface area contributed by atoms with E-state index in [1.807, 2.05) is 6.07 Å². The van der Waals surface area contributed by atoms with E-state index < -0.39 is 24.1 Å². The van der Waals surface area contributed by atoms with Gasteiger partial charge in [0, 0.05) is 17.5 Å². The lowest BCUT2D eigenvalue weighted by Crippen LogP contribution is -2.39. The molecule has 0 spiro atoms. The minimum atomic E-state index is -2.27. The largest absolute Gasteiger partial charge is 0.479 e. The third kappa shape index (κ3) is 9.66. The van der Waals surface area contributed by atoms with Gasteiger partial charge in [-0.05, 0) is 78.9 Å². The molecule has 1 heterocycles. The fourth-order valence-corrected chi connectivity index (χ4v) is 6.90. The molecular formula is C30H41ClN2O6S. The summed E-state index contributed by atoms with van der Waals surface area (Å²) in [5.41, 5.74) is 7.20. The molecule has 2 aliphatic rings. The van der Waals surface area contributed by atoms with Crippen LogP contribution >= 0.6 is 23.4 Å². The number of carboxylic acids is 2. The Hall–Kier alpha value is -2.30. The number of hydrogen-bond donors (Lipinski definition) is 6. The van der Waals surface area contributed by atoms with Gasteiger partial charge in [0.05, 0.1) is 10.7 Å². The van der Waals surface area contributed by atoms with E-state index in [0.717, 1.165) is 54.2 Å². The molecule has 0 amide bonds. The molecule has 4 rings (SSSR count). The van der Waals surface area contributed by atoms with Gasteiger partial charge >= 0.3 is 11.9 Å². The number of nitrogens with one attached hydrogen (secondary N) is 2. The van der Waals surface area contributed by atoms with Gasteiger partial charge in [-0.25, -0.2) is 9.59 Å². The quantitative estimate of drug-likeness (QED) is 0.244. The Bertz CT molecular complexity index is 1130. The number of rotatable bonds is 9. The minimum absolute atomic E-state index is 0.526. The molecule has 2 aromatic rings. The Labute approximate surface area is 245 Å². The van der Waals surface area contributed by atoms with Crippen LogP contribution in [-0.4, -0.2) is 62.9 Å². The molecule has 40 heavy (non-hydrogen) atoms. The van der Waals surface area contributed by atoms with E-state index in [-0.39, 0.29) is 0 Å². The SMILES string of the molecule is CC1(C)CCCC(SCc2ccc(CNc3c(Cl)ccc4c3CCNCC4)cc2)C1.O=C(O)C(O)C(O)C(=O)O. The van der Waals surface area contributed by atoms with Crippen LogP contribution in [0.4, 0.5) is 5.69 Å². The molecule has 1 saturated carbocycles. The molecule has 3 atom stereocenters. The van der Waals surface area contributed by atoms with Crippen molar-refractivity contribution in [2.24, 2.45) is 5.41 Å². The number of aliphatic hydroxyl groups is 2. The van der Waals surface area contributed by atoms with Crippen molar-refractivity contribution in [3.63, 3.8) is 0 Å². The van der Waals surface area contributed by atoms with E-state index >= 15 is 0 Å². The van der Waals surface area contributed by atoms with Gasteiger partial charge in [-0.3, -0.25) is 0 Å². The Morgan fingerprint density at radius 3 is 2.27 bits per heavy atom. The summed E-state index contributed by atoms with van der Waals surface area (Å²) < 4.78 is 0. The maximum absolute atomic E-state index is 9.77. The van der Waals surface area contributed by atoms with Crippen LogP contribution in [0.1, 0.15) is 61.8 Å². The van der Waals surface area contributed by atoms with Crippen LogP contribution in [0.2, 0.25) is 5.02 Å². The van der Waals surface area contributed by atoms with Crippen LogP contribution in [0.5, 0.6) is 0 Å². The number of halogens is 1. The molecule has 10 heteroatoms. The summed E-state index contributed by atoms with van der Waals surface area (Å²) in [6.45, 7) is 7.73. The van der Waals surface area contributed by atoms with Crippen molar-refractivity contribution in [2.45, 2.75) is 82.1 Å². The molecule has 0 bridgehead atoms. The first-order valence-corrected chi connectivity index (χ1v) is 15.2. The predicted octanol–water partition coefficient (Wildman–Crippen LogP) is 4.72. The number of hydrogen-bond acceptors (Lipinski definition) is 7. The highest BCUT2D eigenvalue weighted by atomic mass is 35.5. The van der Waals surface area contributed by atoms with Gasteiger partial charge in [-0.15, -0.1) is 0 Å². The molecule has 8 nitrogen and oxygen atoms in total. The fraction of sp³-hybridized carbons (Fsp3) is 0.533. The summed E-state index contributed by atoms with van der Waals surface area (Å²) in [5, 5.41) is 41.3. The highest BCUT2D eigenvalue weighted by molar-refractivity contribution is 7.99. The Morgan fingerprint density at radius 2 is 1.65 bits per heavy atom. The summed E-state index contributed by atoms with van der Waals surface area (Å²) in [4.78, 5) is 19.5. The average molecular weight is 593 g/mol. The molecule has 220 valence electrons. The number of thioether (sulfide) groups is 1. The molecule has 1 fully saturated rings. The minimum Gasteiger partial charge on any atom is -0.479 e. The number of aliphatic carboxylic acids is 2. The summed E-state index contributed by atoms with van der Waals surface area (Å²) in [6, 6.07) is 13.4. The monoisotopic (exact) mass is 592 g/mol. The van der Waals surface area contributed by atoms with Crippen molar-refractivity contribution in [1.29, 1.82) is 0 Å². The number of aliphatic hydroxyl groups excluding tert-OH is 2. The number of fused-ring (bicyclic) bond motifs is 1. The van der Waals surface area contributed by atoms with E-state index in [1.165, 1.54) is 47.9 Å². The van der Waals surface area contributed by atoms with Gasteiger partial charge in [0.15, 0.2) is 12.2 Å². The maximum atomic E-state index is 9.77. The predicted molar refractivity (Wildman–Crippen MR) is 160 cm³/mol. The zero-order valence-electron chi connectivity index (χ0n) is 23.2. The van der Waals surface area contributed by atoms with Crippen LogP contribution in [-0.2, 0) is 34.7 Å². The van der Waals surface area contributed by atoms with Crippen LogP contribution in [0.15, 0.2) is 36.4 Å². The smallest absolute Gasteiger partial charge is 0.335 e. The van der Waals surface area contributed by atoms with Crippen molar-refractivity contribution >= 4 is 41.0 Å². The highest BCUT2D eigenvalue weighted by Crippen LogP contribution is 2.41. The van der Waals surface area contributed by atoms with Gasteiger partial charge in [-0.2, -0.15) is 11.8 Å². The Kier molecular flexibility index (Phi) is 12.1. The number of anilines is 1. The number of carbonyl (C=O) groups is 2. The standard InChI is InChI=1S/C26H35ClN2S.C4H6O6/c1-26(2)13-3-4-22(16-26)30-18-20-7-5-19(6-8-20)17-29-25-23-12-15-28-14-11-21(23)9-10-24(25)27;5-1(3(7)8)2(6)4(9)10/h5-10,22,28-29H,3-4,11-18H2,1-2H3;1-2,5-6H,(H,7,8)(H,9,10). The Balaban J connectivity index is 0.000000378. The van der Waals surface area contributed by atoms with Gasteiger partial charge < -0.3 is 31.1 Å². The molecule has 1 aliphatic carbocycles. The van der Waals surface area contributed by atoms with Crippen LogP contribution in [0.3, 0.4) is 0 Å². The van der Waals surface area contributed by atoms with E-state index in [9.17, 15) is 9.59 Å². The van der Waals surface area contributed by atoms with Crippen LogP contribution in [0, 0.1) is 5.41 Å². The third-order valence-electron chi connectivity index (χ3n) is 7.42. The average Bonchev–Trinajstić information content (AvgIpc) is 3.16. The van der Waals surface area contributed by atoms with E-state index in [1.54, 1.807) is 0 Å². The molecule has 3 unspecified atom stereocenters. The molecule has 1 aliphatic heterocycles. The van der Waals surface area contributed by atoms with E-state index in [2.05, 4.69) is 66.6 Å². The summed E-state index contributed by atoms with van der Waals surface area (Å²) in [5.74, 6) is -2.41. The summed E-state index contributed by atoms with van der Waals surface area (Å²) in [6.07, 6.45) is 3.09. The lowest BCUT2D eigenvalue weighted by molar-refractivity contribution is -0.165. The second-order valence-electron chi connectivity index (χ2n) is 11.2. The van der Waals surface area contributed by atoms with E-state index in [0.29, 0.717) is 5.41 Å². The topological polar surface area (TPSA) is 139 Å². The van der Waals surface area contributed by atoms with Crippen molar-refractivity contribution in [1.82, 2.24) is 5.32 Å². The molecule has 2 aromatic carbocycles. The zero-order chi connectivity index (χ0) is 29.3. The van der Waals surface area contributed by atoms with Gasteiger partial charge in [-0.1, -0.05) is 62.2 Å². The fourth-order valence-electron chi connectivity index (χ4n) is 5.13. The first-order chi connectivity index (χ1) is 19.0. The van der Waals surface area contributed by atoms with Crippen LogP contribution < -0.4 is 10.6 Å². The molecular weight excluding hydrogens is 552 g/mol. The van der Waals surface area contributed by atoms with Crippen LogP contribution in [0.25, 0.3) is 0 Å². The molecule has 0 saturated heterocycles. The van der Waals surface area contributed by atoms with Gasteiger partial charge in [0.1, 0.15) is 0 Å². The number of benzene rings is 2. The normalized spacial score (nSPS) is 19.7. The van der Waals surface area contributed by atoms with Crippen molar-refractivity contribution in [3.8, 4) is 0 Å². The van der Waals surface area contributed by atoms with Crippen molar-refractivity contribution < 1.29 is 30.0 Å². The van der Waals surface area contributed by atoms with Gasteiger partial charge in [0.2, 0.25) is 0 Å². The second kappa shape index (κ2) is 15.1. The third-order valence-corrected chi connectivity index (χ3v) is 9.11. The number of carboxylic acid groups (broad SMARTS) is 2. The van der Waals surface area contributed by atoms with Crippen molar-refractivity contribution in [3.05, 3.63) is 63.7 Å². The first kappa shape index (κ1) is 32.2.